The highest BCUT2D eigenvalue weighted by Gasteiger charge is 2.09. The Bertz CT molecular complexity index is 374. The lowest BCUT2D eigenvalue weighted by atomic mass is 10.1. The Labute approximate surface area is 84.6 Å². The van der Waals surface area contributed by atoms with E-state index in [0.717, 1.165) is 4.47 Å². The minimum Gasteiger partial charge on any atom is -0.398 e. The van der Waals surface area contributed by atoms with Crippen LogP contribution < -0.4 is 5.73 Å². The van der Waals surface area contributed by atoms with Crippen LogP contribution in [0.15, 0.2) is 22.7 Å². The molecule has 0 unspecified atom stereocenters. The largest absolute Gasteiger partial charge is 0.398 e. The van der Waals surface area contributed by atoms with Crippen molar-refractivity contribution in [2.75, 3.05) is 5.73 Å². The fraction of sp³-hybridized carbons (Fsp3) is 0.111. The summed E-state index contributed by atoms with van der Waals surface area (Å²) in [6, 6.07) is 5.08. The van der Waals surface area contributed by atoms with Gasteiger partial charge in [-0.3, -0.25) is 10.2 Å². The van der Waals surface area contributed by atoms with Gasteiger partial charge >= 0.3 is 0 Å². The number of benzene rings is 1. The monoisotopic (exact) mass is 240 g/mol. The Morgan fingerprint density at radius 2 is 2.15 bits per heavy atom. The van der Waals surface area contributed by atoms with E-state index in [9.17, 15) is 4.79 Å². The number of hydrogen-bond donors (Lipinski definition) is 2. The standard InChI is InChI=1S/C9H9BrN2O/c1-5(13)9(12)7-3-2-6(10)4-8(7)11/h2-4,12H,11H2,1H3. The van der Waals surface area contributed by atoms with Gasteiger partial charge in [0.15, 0.2) is 5.78 Å². The third kappa shape index (κ3) is 2.15. The van der Waals surface area contributed by atoms with Crippen molar-refractivity contribution in [3.05, 3.63) is 28.2 Å². The highest BCUT2D eigenvalue weighted by Crippen LogP contribution is 2.18. The highest BCUT2D eigenvalue weighted by molar-refractivity contribution is 9.10. The van der Waals surface area contributed by atoms with Crippen LogP contribution in [0.25, 0.3) is 0 Å². The molecule has 0 aromatic heterocycles. The van der Waals surface area contributed by atoms with E-state index in [2.05, 4.69) is 15.9 Å². The van der Waals surface area contributed by atoms with Gasteiger partial charge in [0.1, 0.15) is 5.71 Å². The summed E-state index contributed by atoms with van der Waals surface area (Å²) in [6.07, 6.45) is 0. The molecule has 0 amide bonds. The molecule has 0 bridgehead atoms. The third-order valence-electron chi connectivity index (χ3n) is 1.64. The van der Waals surface area contributed by atoms with E-state index in [0.29, 0.717) is 11.3 Å². The van der Waals surface area contributed by atoms with Crippen LogP contribution in [0, 0.1) is 5.41 Å². The van der Waals surface area contributed by atoms with Crippen molar-refractivity contribution in [1.82, 2.24) is 0 Å². The second kappa shape index (κ2) is 3.70. The van der Waals surface area contributed by atoms with Crippen molar-refractivity contribution >= 4 is 33.1 Å². The number of halogens is 1. The van der Waals surface area contributed by atoms with Crippen molar-refractivity contribution in [2.24, 2.45) is 0 Å². The predicted octanol–water partition coefficient (Wildman–Crippen LogP) is 1.99. The maximum atomic E-state index is 10.9. The van der Waals surface area contributed by atoms with E-state index in [1.165, 1.54) is 6.92 Å². The number of ketones is 1. The van der Waals surface area contributed by atoms with E-state index in [-0.39, 0.29) is 11.5 Å². The summed E-state index contributed by atoms with van der Waals surface area (Å²) in [5.74, 6) is -0.283. The molecule has 0 radical (unpaired) electrons. The average molecular weight is 241 g/mol. The third-order valence-corrected chi connectivity index (χ3v) is 2.13. The molecule has 68 valence electrons. The molecular formula is C9H9BrN2O. The fourth-order valence-corrected chi connectivity index (χ4v) is 1.33. The summed E-state index contributed by atoms with van der Waals surface area (Å²) in [5, 5.41) is 7.45. The lowest BCUT2D eigenvalue weighted by Crippen LogP contribution is -2.12. The first-order valence-electron chi connectivity index (χ1n) is 3.67. The van der Waals surface area contributed by atoms with Gasteiger partial charge in [-0.25, -0.2) is 0 Å². The fourth-order valence-electron chi connectivity index (χ4n) is 0.951. The normalized spacial score (nSPS) is 9.69. The molecule has 0 heterocycles. The Morgan fingerprint density at radius 3 is 2.62 bits per heavy atom. The summed E-state index contributed by atoms with van der Waals surface area (Å²) < 4.78 is 0.838. The van der Waals surface area contributed by atoms with Gasteiger partial charge in [0.25, 0.3) is 0 Å². The van der Waals surface area contributed by atoms with Gasteiger partial charge < -0.3 is 5.73 Å². The topological polar surface area (TPSA) is 66.9 Å². The van der Waals surface area contributed by atoms with Crippen LogP contribution in [0.5, 0.6) is 0 Å². The Hall–Kier alpha value is -1.16. The van der Waals surface area contributed by atoms with Gasteiger partial charge in [0.2, 0.25) is 0 Å². The number of Topliss-reactive ketones (excluding diaryl/α,β-unsaturated/α-hetero) is 1. The Morgan fingerprint density at radius 1 is 1.54 bits per heavy atom. The maximum absolute atomic E-state index is 10.9. The van der Waals surface area contributed by atoms with Gasteiger partial charge in [-0.2, -0.15) is 0 Å². The minimum absolute atomic E-state index is 0.0509. The summed E-state index contributed by atoms with van der Waals surface area (Å²) in [5.41, 5.74) is 6.51. The van der Waals surface area contributed by atoms with E-state index in [4.69, 9.17) is 11.1 Å². The average Bonchev–Trinajstić information content (AvgIpc) is 2.03. The van der Waals surface area contributed by atoms with Crippen LogP contribution in [-0.4, -0.2) is 11.5 Å². The zero-order valence-electron chi connectivity index (χ0n) is 7.10. The number of anilines is 1. The zero-order chi connectivity index (χ0) is 10.0. The van der Waals surface area contributed by atoms with Gasteiger partial charge in [-0.05, 0) is 18.2 Å². The lowest BCUT2D eigenvalue weighted by Gasteiger charge is -2.04. The summed E-state index contributed by atoms with van der Waals surface area (Å²) in [6.45, 7) is 1.35. The second-order valence-electron chi connectivity index (χ2n) is 2.66. The SMILES string of the molecule is CC(=O)C(=N)c1ccc(Br)cc1N. The van der Waals surface area contributed by atoms with E-state index in [1.54, 1.807) is 18.2 Å². The smallest absolute Gasteiger partial charge is 0.178 e. The van der Waals surface area contributed by atoms with Crippen molar-refractivity contribution in [3.8, 4) is 0 Å². The highest BCUT2D eigenvalue weighted by atomic mass is 79.9. The molecule has 1 rings (SSSR count). The molecule has 1 aromatic rings. The summed E-state index contributed by atoms with van der Waals surface area (Å²) >= 11 is 3.25. The van der Waals surface area contributed by atoms with Crippen LogP contribution in [0.2, 0.25) is 0 Å². The van der Waals surface area contributed by atoms with Crippen molar-refractivity contribution in [1.29, 1.82) is 5.41 Å². The van der Waals surface area contributed by atoms with Crippen LogP contribution >= 0.6 is 15.9 Å². The number of hydrogen-bond acceptors (Lipinski definition) is 3. The molecule has 3 N–H and O–H groups in total. The van der Waals surface area contributed by atoms with Crippen molar-refractivity contribution < 1.29 is 4.79 Å². The second-order valence-corrected chi connectivity index (χ2v) is 3.58. The Kier molecular flexibility index (Phi) is 2.83. The van der Waals surface area contributed by atoms with Crippen LogP contribution in [0.3, 0.4) is 0 Å². The van der Waals surface area contributed by atoms with E-state index < -0.39 is 0 Å². The molecule has 0 aliphatic heterocycles. The molecule has 0 saturated carbocycles. The molecule has 0 atom stereocenters. The molecule has 0 aliphatic carbocycles. The summed E-state index contributed by atoms with van der Waals surface area (Å²) in [7, 11) is 0. The first kappa shape index (κ1) is 9.92. The molecular weight excluding hydrogens is 232 g/mol. The van der Waals surface area contributed by atoms with Gasteiger partial charge in [-0.15, -0.1) is 0 Å². The van der Waals surface area contributed by atoms with Crippen molar-refractivity contribution in [2.45, 2.75) is 6.92 Å². The van der Waals surface area contributed by atoms with Crippen LogP contribution in [0.4, 0.5) is 5.69 Å². The number of rotatable bonds is 2. The molecule has 1 aromatic carbocycles. The van der Waals surface area contributed by atoms with Gasteiger partial charge in [-0.1, -0.05) is 15.9 Å². The van der Waals surface area contributed by atoms with Gasteiger partial charge in [0, 0.05) is 22.6 Å². The number of carbonyl (C=O) groups excluding carboxylic acids is 1. The molecule has 0 spiro atoms. The number of nitrogens with one attached hydrogen (secondary N) is 1. The lowest BCUT2D eigenvalue weighted by molar-refractivity contribution is -0.111. The zero-order valence-corrected chi connectivity index (χ0v) is 8.68. The molecule has 3 nitrogen and oxygen atoms in total. The summed E-state index contributed by atoms with van der Waals surface area (Å²) in [4.78, 5) is 10.9. The van der Waals surface area contributed by atoms with E-state index in [1.807, 2.05) is 0 Å². The van der Waals surface area contributed by atoms with E-state index >= 15 is 0 Å². The number of nitrogens with two attached hydrogens (primary N) is 1. The molecule has 0 fully saturated rings. The van der Waals surface area contributed by atoms with Gasteiger partial charge in [0.05, 0.1) is 0 Å². The van der Waals surface area contributed by atoms with Crippen LogP contribution in [-0.2, 0) is 4.79 Å². The van der Waals surface area contributed by atoms with Crippen molar-refractivity contribution in [3.63, 3.8) is 0 Å². The molecule has 4 heteroatoms. The number of carbonyl (C=O) groups is 1. The molecule has 0 saturated heterocycles. The quantitative estimate of drug-likeness (QED) is 0.614. The first-order chi connectivity index (χ1) is 6.02. The predicted molar refractivity (Wildman–Crippen MR) is 56.1 cm³/mol. The van der Waals surface area contributed by atoms with Crippen LogP contribution in [0.1, 0.15) is 12.5 Å². The molecule has 13 heavy (non-hydrogen) atoms. The Balaban J connectivity index is 3.16. The maximum Gasteiger partial charge on any atom is 0.178 e. The number of nitrogen functional groups attached to an aromatic ring is 1. The minimum atomic E-state index is -0.283. The first-order valence-corrected chi connectivity index (χ1v) is 4.46. The molecule has 0 aliphatic rings.